The molecule has 38 heavy (non-hydrogen) atoms. The van der Waals surface area contributed by atoms with Crippen LogP contribution >= 0.6 is 0 Å². The fourth-order valence-corrected chi connectivity index (χ4v) is 4.55. The number of carbonyl (C=O) groups excluding carboxylic acids is 1. The summed E-state index contributed by atoms with van der Waals surface area (Å²) in [5.41, 5.74) is 2.30. The predicted octanol–water partition coefficient (Wildman–Crippen LogP) is 5.76. The Balaban J connectivity index is 1.16. The van der Waals surface area contributed by atoms with Crippen LogP contribution in [-0.2, 0) is 11.4 Å². The normalized spacial score (nSPS) is 14.1. The summed E-state index contributed by atoms with van der Waals surface area (Å²) >= 11 is 0. The van der Waals surface area contributed by atoms with E-state index in [9.17, 15) is 9.18 Å². The summed E-state index contributed by atoms with van der Waals surface area (Å²) in [4.78, 5) is 23.8. The van der Waals surface area contributed by atoms with E-state index < -0.39 is 5.82 Å². The van der Waals surface area contributed by atoms with Gasteiger partial charge in [0.05, 0.1) is 12.2 Å². The first-order chi connectivity index (χ1) is 18.6. The Labute approximate surface area is 221 Å². The number of rotatable bonds is 9. The van der Waals surface area contributed by atoms with Crippen molar-refractivity contribution in [1.82, 2.24) is 14.9 Å². The zero-order valence-electron chi connectivity index (χ0n) is 21.0. The van der Waals surface area contributed by atoms with Crippen molar-refractivity contribution in [3.8, 4) is 5.75 Å². The number of piperidine rings is 1. The largest absolute Gasteiger partial charge is 0.485 e. The lowest BCUT2D eigenvalue weighted by Crippen LogP contribution is -2.39. The Morgan fingerprint density at radius 1 is 0.947 bits per heavy atom. The fraction of sp³-hybridized carbons (Fsp3) is 0.233. The van der Waals surface area contributed by atoms with E-state index in [1.807, 2.05) is 60.7 Å². The maximum atomic E-state index is 13.8. The molecule has 0 bridgehead atoms. The highest BCUT2D eigenvalue weighted by molar-refractivity contribution is 5.92. The number of nitrogens with one attached hydrogen (secondary N) is 2. The van der Waals surface area contributed by atoms with Gasteiger partial charge >= 0.3 is 0 Å². The molecule has 4 aromatic rings. The minimum Gasteiger partial charge on any atom is -0.485 e. The second-order valence-corrected chi connectivity index (χ2v) is 9.28. The van der Waals surface area contributed by atoms with Crippen LogP contribution in [0, 0.1) is 5.82 Å². The van der Waals surface area contributed by atoms with Gasteiger partial charge in [0.15, 0.2) is 11.6 Å². The van der Waals surface area contributed by atoms with Gasteiger partial charge in [-0.2, -0.15) is 0 Å². The van der Waals surface area contributed by atoms with Crippen LogP contribution in [0.5, 0.6) is 5.75 Å². The Hall–Kier alpha value is -4.30. The van der Waals surface area contributed by atoms with E-state index in [0.29, 0.717) is 29.9 Å². The number of carbonyl (C=O) groups is 1. The third-order valence-electron chi connectivity index (χ3n) is 6.55. The first-order valence-corrected chi connectivity index (χ1v) is 12.8. The third kappa shape index (κ3) is 6.72. The molecule has 1 aliphatic rings. The average molecular weight is 512 g/mol. The molecule has 2 N–H and O–H groups in total. The summed E-state index contributed by atoms with van der Waals surface area (Å²) in [7, 11) is 0. The predicted molar refractivity (Wildman–Crippen MR) is 146 cm³/mol. The van der Waals surface area contributed by atoms with Crippen LogP contribution in [0.25, 0.3) is 0 Å². The van der Waals surface area contributed by atoms with Crippen molar-refractivity contribution in [3.05, 3.63) is 108 Å². The standard InChI is InChI=1S/C30H30FN5O2/c31-24-10-4-5-11-26(24)34-29(37)20-36-18-15-23(16-19-36)25-12-6-14-28(33-25)35-30-27(13-7-17-32-30)38-21-22-8-2-1-3-9-22/h1-14,17,23H,15-16,18-21H2,(H,34,37)(H,32,33,35). The minimum absolute atomic E-state index is 0.210. The highest BCUT2D eigenvalue weighted by atomic mass is 19.1. The van der Waals surface area contributed by atoms with Gasteiger partial charge in [-0.1, -0.05) is 48.5 Å². The van der Waals surface area contributed by atoms with Crippen molar-refractivity contribution < 1.29 is 13.9 Å². The third-order valence-corrected chi connectivity index (χ3v) is 6.55. The van der Waals surface area contributed by atoms with E-state index >= 15 is 0 Å². The lowest BCUT2D eigenvalue weighted by Gasteiger charge is -2.31. The molecule has 3 heterocycles. The number of pyridine rings is 2. The van der Waals surface area contributed by atoms with Gasteiger partial charge in [0, 0.05) is 17.8 Å². The summed E-state index contributed by atoms with van der Waals surface area (Å²) in [5, 5.41) is 5.97. The molecule has 0 unspecified atom stereocenters. The molecule has 0 saturated carbocycles. The number of para-hydroxylation sites is 1. The van der Waals surface area contributed by atoms with Gasteiger partial charge in [-0.25, -0.2) is 14.4 Å². The van der Waals surface area contributed by atoms with Crippen LogP contribution in [0.15, 0.2) is 91.1 Å². The van der Waals surface area contributed by atoms with Crippen molar-refractivity contribution in [3.63, 3.8) is 0 Å². The van der Waals surface area contributed by atoms with E-state index in [0.717, 1.165) is 37.2 Å². The molecule has 194 valence electrons. The van der Waals surface area contributed by atoms with Crippen molar-refractivity contribution >= 4 is 23.2 Å². The summed E-state index contributed by atoms with van der Waals surface area (Å²) in [5.74, 6) is 1.63. The SMILES string of the molecule is O=C(CN1CCC(c2cccc(Nc3ncccc3OCc3ccccc3)n2)CC1)Nc1ccccc1F. The maximum absolute atomic E-state index is 13.8. The van der Waals surface area contributed by atoms with Crippen LogP contribution in [-0.4, -0.2) is 40.4 Å². The molecule has 1 amide bonds. The van der Waals surface area contributed by atoms with Gasteiger partial charge in [0.25, 0.3) is 0 Å². The molecule has 0 aliphatic carbocycles. The molecule has 8 heteroatoms. The van der Waals surface area contributed by atoms with Gasteiger partial charge in [0.1, 0.15) is 18.2 Å². The highest BCUT2D eigenvalue weighted by Crippen LogP contribution is 2.29. The minimum atomic E-state index is -0.431. The number of aromatic nitrogens is 2. The number of benzene rings is 2. The molecular weight excluding hydrogens is 481 g/mol. The Morgan fingerprint density at radius 3 is 2.55 bits per heavy atom. The van der Waals surface area contributed by atoms with Gasteiger partial charge in [0.2, 0.25) is 5.91 Å². The number of ether oxygens (including phenoxy) is 1. The topological polar surface area (TPSA) is 79.4 Å². The molecule has 0 atom stereocenters. The van der Waals surface area contributed by atoms with Crippen LogP contribution in [0.4, 0.5) is 21.7 Å². The highest BCUT2D eigenvalue weighted by Gasteiger charge is 2.23. The van der Waals surface area contributed by atoms with Crippen molar-refractivity contribution in [2.75, 3.05) is 30.3 Å². The quantitative estimate of drug-likeness (QED) is 0.298. The Morgan fingerprint density at radius 2 is 1.74 bits per heavy atom. The van der Waals surface area contributed by atoms with Gasteiger partial charge in [-0.05, 0) is 67.9 Å². The number of likely N-dealkylation sites (tertiary alicyclic amines) is 1. The van der Waals surface area contributed by atoms with Crippen LogP contribution in [0.2, 0.25) is 0 Å². The maximum Gasteiger partial charge on any atom is 0.238 e. The van der Waals surface area contributed by atoms with Gasteiger partial charge < -0.3 is 15.4 Å². The van der Waals surface area contributed by atoms with Gasteiger partial charge in [-0.3, -0.25) is 9.69 Å². The lowest BCUT2D eigenvalue weighted by molar-refractivity contribution is -0.117. The fourth-order valence-electron chi connectivity index (χ4n) is 4.55. The molecule has 1 aliphatic heterocycles. The number of hydrogen-bond donors (Lipinski definition) is 2. The number of halogens is 1. The van der Waals surface area contributed by atoms with E-state index in [-0.39, 0.29) is 18.1 Å². The van der Waals surface area contributed by atoms with E-state index in [1.54, 1.807) is 24.4 Å². The second kappa shape index (κ2) is 12.3. The monoisotopic (exact) mass is 511 g/mol. The molecule has 0 spiro atoms. The van der Waals surface area contributed by atoms with Crippen molar-refractivity contribution in [2.24, 2.45) is 0 Å². The number of nitrogens with zero attached hydrogens (tertiary/aromatic N) is 3. The zero-order valence-corrected chi connectivity index (χ0v) is 21.0. The summed E-state index contributed by atoms with van der Waals surface area (Å²) < 4.78 is 19.8. The number of hydrogen-bond acceptors (Lipinski definition) is 6. The van der Waals surface area contributed by atoms with Crippen LogP contribution in [0.1, 0.15) is 30.0 Å². The van der Waals surface area contributed by atoms with Crippen LogP contribution < -0.4 is 15.4 Å². The summed E-state index contributed by atoms with van der Waals surface area (Å²) in [6.07, 6.45) is 3.50. The number of anilines is 3. The Bertz CT molecular complexity index is 1360. The second-order valence-electron chi connectivity index (χ2n) is 9.28. The molecule has 1 fully saturated rings. The molecule has 1 saturated heterocycles. The van der Waals surface area contributed by atoms with Crippen molar-refractivity contribution in [1.29, 1.82) is 0 Å². The first-order valence-electron chi connectivity index (χ1n) is 12.8. The smallest absolute Gasteiger partial charge is 0.238 e. The molecule has 7 nitrogen and oxygen atoms in total. The number of amides is 1. The first kappa shape index (κ1) is 25.4. The van der Waals surface area contributed by atoms with E-state index in [4.69, 9.17) is 9.72 Å². The molecule has 2 aromatic carbocycles. The van der Waals surface area contributed by atoms with Crippen molar-refractivity contribution in [2.45, 2.75) is 25.4 Å². The van der Waals surface area contributed by atoms with Gasteiger partial charge in [-0.15, -0.1) is 0 Å². The zero-order chi connectivity index (χ0) is 26.2. The van der Waals surface area contributed by atoms with E-state index in [1.165, 1.54) is 6.07 Å². The summed E-state index contributed by atoms with van der Waals surface area (Å²) in [6, 6.07) is 25.9. The molecule has 0 radical (unpaired) electrons. The summed E-state index contributed by atoms with van der Waals surface area (Å²) in [6.45, 7) is 2.23. The molecular formula is C30H30FN5O2. The Kier molecular flexibility index (Phi) is 8.20. The van der Waals surface area contributed by atoms with E-state index in [2.05, 4.69) is 20.5 Å². The van der Waals surface area contributed by atoms with Crippen LogP contribution in [0.3, 0.4) is 0 Å². The molecule has 5 rings (SSSR count). The average Bonchev–Trinajstić information content (AvgIpc) is 2.95. The molecule has 2 aromatic heterocycles. The lowest BCUT2D eigenvalue weighted by atomic mass is 9.93.